The molecule has 5 rings (SSSR count). The van der Waals surface area contributed by atoms with Crippen LogP contribution in [0.3, 0.4) is 0 Å². The Kier molecular flexibility index (Phi) is 2.78. The second-order valence-electron chi connectivity index (χ2n) is 7.88. The third kappa shape index (κ3) is 1.60. The minimum atomic E-state index is -1.03. The van der Waals surface area contributed by atoms with Crippen molar-refractivity contribution in [2.75, 3.05) is 20.7 Å². The molecule has 128 valence electrons. The summed E-state index contributed by atoms with van der Waals surface area (Å²) >= 11 is 0. The summed E-state index contributed by atoms with van der Waals surface area (Å²) in [5.74, 6) is -0.308. The summed E-state index contributed by atoms with van der Waals surface area (Å²) in [5, 5.41) is 21.2. The number of benzene rings is 1. The smallest absolute Gasteiger partial charge is 0.237 e. The lowest BCUT2D eigenvalue weighted by atomic mass is 9.57. The van der Waals surface area contributed by atoms with Gasteiger partial charge < -0.3 is 19.7 Å². The Labute approximate surface area is 141 Å². The second-order valence-corrected chi connectivity index (χ2v) is 7.88. The van der Waals surface area contributed by atoms with Gasteiger partial charge in [0.15, 0.2) is 17.2 Å². The molecular weight excluding hydrogens is 306 g/mol. The van der Waals surface area contributed by atoms with Crippen molar-refractivity contribution >= 4 is 5.71 Å². The summed E-state index contributed by atoms with van der Waals surface area (Å²) in [7, 11) is 3.75. The maximum absolute atomic E-state index is 10.7. The Morgan fingerprint density at radius 3 is 2.96 bits per heavy atom. The van der Waals surface area contributed by atoms with E-state index in [4.69, 9.17) is 9.47 Å². The maximum Gasteiger partial charge on any atom is 0.237 e. The summed E-state index contributed by atoms with van der Waals surface area (Å²) in [6.07, 6.45) is 4.60. The third-order valence-electron chi connectivity index (χ3n) is 6.79. The number of phenols is 1. The van der Waals surface area contributed by atoms with E-state index in [0.717, 1.165) is 32.2 Å². The highest BCUT2D eigenvalue weighted by Gasteiger charge is 2.60. The van der Waals surface area contributed by atoms with Crippen LogP contribution < -0.4 is 4.74 Å². The van der Waals surface area contributed by atoms with Crippen molar-refractivity contribution in [1.29, 1.82) is 0 Å². The standard InChI is InChI=1S/C19H23NO4/c1-20-8-5-11-9-13(21)17-16-15(11)12(20)3-6-18(16)7-4-14(22)19(10-18,23-2)24-17/h9,14,22H,3-8,10H2,1-2H3/p+1/t14-,18-,19-/m1/s1. The fraction of sp³-hybridized carbons (Fsp3) is 0.632. The maximum atomic E-state index is 10.7. The first-order chi connectivity index (χ1) is 11.5. The zero-order valence-electron chi connectivity index (χ0n) is 14.3. The summed E-state index contributed by atoms with van der Waals surface area (Å²) in [4.78, 5) is 0. The van der Waals surface area contributed by atoms with Gasteiger partial charge in [-0.1, -0.05) is 0 Å². The van der Waals surface area contributed by atoms with E-state index in [1.165, 1.54) is 22.4 Å². The summed E-state index contributed by atoms with van der Waals surface area (Å²) in [6, 6.07) is 1.86. The van der Waals surface area contributed by atoms with Crippen molar-refractivity contribution in [1.82, 2.24) is 0 Å². The van der Waals surface area contributed by atoms with Crippen LogP contribution in [0.5, 0.6) is 11.5 Å². The van der Waals surface area contributed by atoms with Crippen LogP contribution in [0.25, 0.3) is 0 Å². The molecule has 0 unspecified atom stereocenters. The molecular formula is C19H24NO4+. The molecule has 2 aliphatic carbocycles. The SMILES string of the molecule is CO[C@]12C[C@@]3(CCC4=[N+](C)CCc5cc(O)c(c3c54)O1)CC[C@H]2O. The van der Waals surface area contributed by atoms with Gasteiger partial charge >= 0.3 is 0 Å². The molecule has 1 aromatic carbocycles. The third-order valence-corrected chi connectivity index (χ3v) is 6.79. The highest BCUT2D eigenvalue weighted by atomic mass is 16.7. The van der Waals surface area contributed by atoms with Crippen LogP contribution in [0.4, 0.5) is 0 Å². The van der Waals surface area contributed by atoms with Gasteiger partial charge in [-0.05, 0) is 30.9 Å². The number of aliphatic hydroxyl groups is 1. The van der Waals surface area contributed by atoms with E-state index >= 15 is 0 Å². The number of phenolic OH excluding ortho intramolecular Hbond substituents is 1. The predicted molar refractivity (Wildman–Crippen MR) is 88.1 cm³/mol. The molecule has 5 heteroatoms. The van der Waals surface area contributed by atoms with E-state index in [2.05, 4.69) is 11.6 Å². The number of nitrogens with zero attached hydrogens (tertiary/aromatic N) is 1. The summed E-state index contributed by atoms with van der Waals surface area (Å²) < 4.78 is 14.2. The van der Waals surface area contributed by atoms with Crippen LogP contribution >= 0.6 is 0 Å². The minimum Gasteiger partial charge on any atom is -0.504 e. The van der Waals surface area contributed by atoms with Gasteiger partial charge in [0.1, 0.15) is 19.7 Å². The zero-order chi connectivity index (χ0) is 16.7. The van der Waals surface area contributed by atoms with Gasteiger partial charge in [-0.2, -0.15) is 0 Å². The Bertz CT molecular complexity index is 786. The first-order valence-corrected chi connectivity index (χ1v) is 8.89. The van der Waals surface area contributed by atoms with E-state index in [1.54, 1.807) is 7.11 Å². The number of aliphatic hydroxyl groups excluding tert-OH is 1. The molecule has 2 bridgehead atoms. The van der Waals surface area contributed by atoms with Crippen LogP contribution in [-0.2, 0) is 16.6 Å². The molecule has 1 spiro atoms. The fourth-order valence-corrected chi connectivity index (χ4v) is 5.52. The number of ether oxygens (including phenoxy) is 2. The Hall–Kier alpha value is -1.59. The van der Waals surface area contributed by atoms with E-state index in [9.17, 15) is 10.2 Å². The van der Waals surface area contributed by atoms with Gasteiger partial charge in [0.25, 0.3) is 0 Å². The lowest BCUT2D eigenvalue weighted by Gasteiger charge is -2.55. The lowest BCUT2D eigenvalue weighted by Crippen LogP contribution is -2.61. The fourth-order valence-electron chi connectivity index (χ4n) is 5.52. The van der Waals surface area contributed by atoms with Gasteiger partial charge in [0.2, 0.25) is 5.79 Å². The number of likely N-dealkylation sites (N-methyl/N-ethyl adjacent to an activating group) is 1. The Morgan fingerprint density at radius 1 is 1.33 bits per heavy atom. The molecule has 2 N–H and O–H groups in total. The molecule has 4 aliphatic rings. The minimum absolute atomic E-state index is 0.0622. The first-order valence-electron chi connectivity index (χ1n) is 8.89. The monoisotopic (exact) mass is 330 g/mol. The molecule has 0 aromatic heterocycles. The molecule has 2 heterocycles. The number of aromatic hydroxyl groups is 1. The highest BCUT2D eigenvalue weighted by Crippen LogP contribution is 2.60. The van der Waals surface area contributed by atoms with Gasteiger partial charge in [0, 0.05) is 37.4 Å². The topological polar surface area (TPSA) is 61.9 Å². The molecule has 24 heavy (non-hydrogen) atoms. The molecule has 1 saturated carbocycles. The molecule has 5 nitrogen and oxygen atoms in total. The normalized spacial score (nSPS) is 36.2. The lowest BCUT2D eigenvalue weighted by molar-refractivity contribution is -0.499. The Morgan fingerprint density at radius 2 is 2.17 bits per heavy atom. The highest BCUT2D eigenvalue weighted by molar-refractivity contribution is 6.03. The van der Waals surface area contributed by atoms with Gasteiger partial charge in [-0.15, -0.1) is 0 Å². The zero-order valence-corrected chi connectivity index (χ0v) is 14.3. The molecule has 1 aromatic rings. The van der Waals surface area contributed by atoms with Gasteiger partial charge in [-0.25, -0.2) is 4.58 Å². The number of hydrogen-bond acceptors (Lipinski definition) is 4. The molecule has 0 saturated heterocycles. The average Bonchev–Trinajstić information content (AvgIpc) is 2.59. The van der Waals surface area contributed by atoms with Gasteiger partial charge in [-0.3, -0.25) is 0 Å². The van der Waals surface area contributed by atoms with Gasteiger partial charge in [0.05, 0.1) is 5.56 Å². The largest absolute Gasteiger partial charge is 0.504 e. The number of rotatable bonds is 1. The van der Waals surface area contributed by atoms with Crippen molar-refractivity contribution < 1.29 is 24.3 Å². The number of methoxy groups -OCH3 is 1. The molecule has 2 aliphatic heterocycles. The predicted octanol–water partition coefficient (Wildman–Crippen LogP) is 1.69. The van der Waals surface area contributed by atoms with Crippen molar-refractivity contribution in [3.05, 3.63) is 22.8 Å². The van der Waals surface area contributed by atoms with Crippen LogP contribution in [0.2, 0.25) is 0 Å². The van der Waals surface area contributed by atoms with Crippen LogP contribution in [-0.4, -0.2) is 53.1 Å². The van der Waals surface area contributed by atoms with Crippen LogP contribution in [0.1, 0.15) is 48.8 Å². The van der Waals surface area contributed by atoms with Crippen molar-refractivity contribution in [2.24, 2.45) is 0 Å². The molecule has 0 amide bonds. The van der Waals surface area contributed by atoms with E-state index in [1.807, 2.05) is 6.07 Å². The number of hydrogen-bond donors (Lipinski definition) is 2. The van der Waals surface area contributed by atoms with Crippen LogP contribution in [0.15, 0.2) is 6.07 Å². The number of fused-ring (bicyclic) bond motifs is 1. The van der Waals surface area contributed by atoms with E-state index in [0.29, 0.717) is 18.6 Å². The van der Waals surface area contributed by atoms with Crippen molar-refractivity contribution in [3.63, 3.8) is 0 Å². The molecule has 1 fully saturated rings. The van der Waals surface area contributed by atoms with Crippen LogP contribution in [0, 0.1) is 0 Å². The van der Waals surface area contributed by atoms with E-state index in [-0.39, 0.29) is 11.2 Å². The molecule has 3 atom stereocenters. The molecule has 0 radical (unpaired) electrons. The second kappa shape index (κ2) is 4.52. The summed E-state index contributed by atoms with van der Waals surface area (Å²) in [5.41, 5.74) is 5.01. The van der Waals surface area contributed by atoms with E-state index < -0.39 is 11.9 Å². The average molecular weight is 330 g/mol. The van der Waals surface area contributed by atoms with Crippen molar-refractivity contribution in [2.45, 2.75) is 55.8 Å². The summed E-state index contributed by atoms with van der Waals surface area (Å²) in [6.45, 7) is 0.995. The van der Waals surface area contributed by atoms with Crippen molar-refractivity contribution in [3.8, 4) is 11.5 Å². The quantitative estimate of drug-likeness (QED) is 0.769. The Balaban J connectivity index is 1.84. The first kappa shape index (κ1) is 14.7.